The predicted molar refractivity (Wildman–Crippen MR) is 122 cm³/mol. The molecule has 1 fully saturated rings. The van der Waals surface area contributed by atoms with Gasteiger partial charge in [-0.2, -0.15) is 4.98 Å². The number of hydrogen-bond acceptors (Lipinski definition) is 5. The third-order valence-corrected chi connectivity index (χ3v) is 6.00. The van der Waals surface area contributed by atoms with Crippen LogP contribution in [-0.4, -0.2) is 38.1 Å². The van der Waals surface area contributed by atoms with E-state index in [2.05, 4.69) is 39.4 Å². The summed E-state index contributed by atoms with van der Waals surface area (Å²) in [5, 5.41) is 7.14. The van der Waals surface area contributed by atoms with Gasteiger partial charge in [-0.15, -0.1) is 0 Å². The Kier molecular flexibility index (Phi) is 6.02. The zero-order valence-corrected chi connectivity index (χ0v) is 18.9. The summed E-state index contributed by atoms with van der Waals surface area (Å²) in [6, 6.07) is 6.90. The molecule has 1 aliphatic heterocycles. The first kappa shape index (κ1) is 21.4. The molecule has 1 aliphatic rings. The minimum atomic E-state index is -0.160. The first-order valence-corrected chi connectivity index (χ1v) is 10.7. The number of carbonyl (C=O) groups is 1. The van der Waals surface area contributed by atoms with Crippen molar-refractivity contribution in [1.29, 1.82) is 0 Å². The Bertz CT molecular complexity index is 1100. The van der Waals surface area contributed by atoms with Crippen LogP contribution in [0, 0.1) is 5.92 Å². The molecule has 2 aromatic heterocycles. The SMILES string of the molecule is CC(C)[C@H]1CNC(=O)N1c1ccnc(N[C@@H](C)c2cn(-c3ccc(Cl)c(Cl)c3)cn2)n1. The summed E-state index contributed by atoms with van der Waals surface area (Å²) in [7, 11) is 0. The molecule has 2 amide bonds. The van der Waals surface area contributed by atoms with Gasteiger partial charge in [-0.05, 0) is 37.1 Å². The van der Waals surface area contributed by atoms with E-state index in [-0.39, 0.29) is 18.1 Å². The number of benzene rings is 1. The fourth-order valence-corrected chi connectivity index (χ4v) is 3.79. The summed E-state index contributed by atoms with van der Waals surface area (Å²) < 4.78 is 1.87. The summed E-state index contributed by atoms with van der Waals surface area (Å²) in [5.41, 5.74) is 1.66. The molecule has 2 N–H and O–H groups in total. The number of nitrogens with one attached hydrogen (secondary N) is 2. The second-order valence-electron chi connectivity index (χ2n) is 7.78. The van der Waals surface area contributed by atoms with Gasteiger partial charge < -0.3 is 15.2 Å². The predicted octanol–water partition coefficient (Wildman–Crippen LogP) is 4.70. The van der Waals surface area contributed by atoms with Crippen molar-refractivity contribution in [3.05, 3.63) is 58.7 Å². The first-order chi connectivity index (χ1) is 14.8. The van der Waals surface area contributed by atoms with E-state index in [0.29, 0.717) is 34.3 Å². The quantitative estimate of drug-likeness (QED) is 0.557. The Morgan fingerprint density at radius 2 is 1.97 bits per heavy atom. The summed E-state index contributed by atoms with van der Waals surface area (Å²) in [5.74, 6) is 1.30. The van der Waals surface area contributed by atoms with Gasteiger partial charge in [0.05, 0.1) is 34.2 Å². The number of urea groups is 1. The molecule has 8 nitrogen and oxygen atoms in total. The van der Waals surface area contributed by atoms with Gasteiger partial charge in [0, 0.05) is 24.6 Å². The second-order valence-corrected chi connectivity index (χ2v) is 8.59. The van der Waals surface area contributed by atoms with Crippen molar-refractivity contribution < 1.29 is 4.79 Å². The number of amides is 2. The van der Waals surface area contributed by atoms with Crippen molar-refractivity contribution in [1.82, 2.24) is 24.8 Å². The van der Waals surface area contributed by atoms with Crippen molar-refractivity contribution in [2.45, 2.75) is 32.9 Å². The number of rotatable bonds is 6. The molecule has 2 atom stereocenters. The van der Waals surface area contributed by atoms with E-state index < -0.39 is 0 Å². The van der Waals surface area contributed by atoms with Gasteiger partial charge in [0.25, 0.3) is 0 Å². The van der Waals surface area contributed by atoms with Gasteiger partial charge >= 0.3 is 6.03 Å². The van der Waals surface area contributed by atoms with Crippen molar-refractivity contribution >= 4 is 41.0 Å². The average Bonchev–Trinajstić information content (AvgIpc) is 3.37. The minimum Gasteiger partial charge on any atom is -0.346 e. The molecule has 162 valence electrons. The Balaban J connectivity index is 1.51. The van der Waals surface area contributed by atoms with E-state index in [1.807, 2.05) is 23.8 Å². The molecule has 1 aromatic carbocycles. The molecule has 3 heterocycles. The maximum Gasteiger partial charge on any atom is 0.323 e. The Labute approximate surface area is 190 Å². The minimum absolute atomic E-state index is 0.0505. The molecule has 3 aromatic rings. The number of carbonyl (C=O) groups excluding carboxylic acids is 1. The second kappa shape index (κ2) is 8.72. The molecular weight excluding hydrogens is 437 g/mol. The van der Waals surface area contributed by atoms with Crippen molar-refractivity contribution in [3.8, 4) is 5.69 Å². The van der Waals surface area contributed by atoms with Crippen molar-refractivity contribution in [2.75, 3.05) is 16.8 Å². The van der Waals surface area contributed by atoms with E-state index in [1.165, 1.54) is 0 Å². The van der Waals surface area contributed by atoms with E-state index in [4.69, 9.17) is 23.2 Å². The lowest BCUT2D eigenvalue weighted by Crippen LogP contribution is -2.38. The highest BCUT2D eigenvalue weighted by molar-refractivity contribution is 6.42. The summed E-state index contributed by atoms with van der Waals surface area (Å²) >= 11 is 12.1. The largest absolute Gasteiger partial charge is 0.346 e. The third kappa shape index (κ3) is 4.45. The van der Waals surface area contributed by atoms with Gasteiger partial charge in [0.2, 0.25) is 5.95 Å². The van der Waals surface area contributed by atoms with Gasteiger partial charge in [-0.1, -0.05) is 37.0 Å². The van der Waals surface area contributed by atoms with Crippen LogP contribution in [0.5, 0.6) is 0 Å². The number of anilines is 2. The maximum atomic E-state index is 12.3. The average molecular weight is 460 g/mol. The van der Waals surface area contributed by atoms with E-state index in [1.54, 1.807) is 35.6 Å². The van der Waals surface area contributed by atoms with E-state index in [9.17, 15) is 4.79 Å². The normalized spacial score (nSPS) is 17.2. The molecule has 0 aliphatic carbocycles. The van der Waals surface area contributed by atoms with Crippen LogP contribution in [0.2, 0.25) is 10.0 Å². The zero-order chi connectivity index (χ0) is 22.1. The number of hydrogen-bond donors (Lipinski definition) is 2. The number of nitrogens with zero attached hydrogens (tertiary/aromatic N) is 5. The summed E-state index contributed by atoms with van der Waals surface area (Å²) in [4.78, 5) is 27.4. The Morgan fingerprint density at radius 1 is 1.16 bits per heavy atom. The first-order valence-electron chi connectivity index (χ1n) is 9.99. The highest BCUT2D eigenvalue weighted by atomic mass is 35.5. The number of aromatic nitrogens is 4. The molecule has 10 heteroatoms. The van der Waals surface area contributed by atoms with Gasteiger partial charge in [-0.3, -0.25) is 4.90 Å². The molecule has 4 rings (SSSR count). The molecule has 0 radical (unpaired) electrons. The van der Waals surface area contributed by atoms with Crippen LogP contribution in [0.3, 0.4) is 0 Å². The monoisotopic (exact) mass is 459 g/mol. The van der Waals surface area contributed by atoms with Crippen LogP contribution in [0.4, 0.5) is 16.6 Å². The molecule has 0 bridgehead atoms. The van der Waals surface area contributed by atoms with Crippen molar-refractivity contribution in [3.63, 3.8) is 0 Å². The van der Waals surface area contributed by atoms with Crippen LogP contribution in [-0.2, 0) is 0 Å². The van der Waals surface area contributed by atoms with Crippen LogP contribution >= 0.6 is 23.2 Å². The van der Waals surface area contributed by atoms with Crippen LogP contribution < -0.4 is 15.5 Å². The molecule has 0 saturated carbocycles. The van der Waals surface area contributed by atoms with E-state index >= 15 is 0 Å². The highest BCUT2D eigenvalue weighted by Gasteiger charge is 2.35. The van der Waals surface area contributed by atoms with E-state index in [0.717, 1.165) is 11.4 Å². The fourth-order valence-electron chi connectivity index (χ4n) is 3.50. The Morgan fingerprint density at radius 3 is 2.71 bits per heavy atom. The summed E-state index contributed by atoms with van der Waals surface area (Å²) in [6.07, 6.45) is 5.27. The number of imidazole rings is 1. The molecule has 0 unspecified atom stereocenters. The van der Waals surface area contributed by atoms with Crippen LogP contribution in [0.1, 0.15) is 32.5 Å². The highest BCUT2D eigenvalue weighted by Crippen LogP contribution is 2.26. The standard InChI is InChI=1S/C21H23Cl2N7O/c1-12(2)18-9-25-21(31)30(18)19-6-7-24-20(28-19)27-13(3)17-10-29(11-26-17)14-4-5-15(22)16(23)8-14/h4-8,10-13,18H,9H2,1-3H3,(H,25,31)(H,24,27,28)/t13-,18+/m0/s1. The van der Waals surface area contributed by atoms with Crippen LogP contribution in [0.25, 0.3) is 5.69 Å². The lowest BCUT2D eigenvalue weighted by atomic mass is 10.0. The maximum absolute atomic E-state index is 12.3. The van der Waals surface area contributed by atoms with Gasteiger partial charge in [-0.25, -0.2) is 14.8 Å². The smallest absolute Gasteiger partial charge is 0.323 e. The topological polar surface area (TPSA) is 88.0 Å². The third-order valence-electron chi connectivity index (χ3n) is 5.26. The molecule has 31 heavy (non-hydrogen) atoms. The fraction of sp³-hybridized carbons (Fsp3) is 0.333. The molecule has 1 saturated heterocycles. The molecule has 0 spiro atoms. The lowest BCUT2D eigenvalue weighted by Gasteiger charge is -2.25. The Hall–Kier alpha value is -2.84. The van der Waals surface area contributed by atoms with Gasteiger partial charge in [0.1, 0.15) is 5.82 Å². The summed E-state index contributed by atoms with van der Waals surface area (Å²) in [6.45, 7) is 6.75. The van der Waals surface area contributed by atoms with Crippen molar-refractivity contribution in [2.24, 2.45) is 5.92 Å². The van der Waals surface area contributed by atoms with Crippen LogP contribution in [0.15, 0.2) is 43.0 Å². The number of halogens is 2. The zero-order valence-electron chi connectivity index (χ0n) is 17.4. The lowest BCUT2D eigenvalue weighted by molar-refractivity contribution is 0.251. The molecular formula is C21H23Cl2N7O. The van der Waals surface area contributed by atoms with Gasteiger partial charge in [0.15, 0.2) is 0 Å².